The number of carbonyl (C=O) groups is 1. The van der Waals surface area contributed by atoms with E-state index in [9.17, 15) is 28.1 Å². The molecule has 0 bridgehead atoms. The number of carbonyl (C=O) groups excluding carboxylic acids is 1. The second-order valence-corrected chi connectivity index (χ2v) is 6.80. The number of non-ortho nitro benzene ring substituents is 1. The number of hydrogen-bond acceptors (Lipinski definition) is 5. The first-order chi connectivity index (χ1) is 15.2. The molecule has 1 amide bonds. The molecule has 1 N–H and O–H groups in total. The number of nitrogens with one attached hydrogen (secondary N) is 1. The molecule has 0 radical (unpaired) electrons. The molecule has 4 aromatic rings. The molecule has 2 aromatic carbocycles. The molecule has 0 aliphatic carbocycles. The van der Waals surface area contributed by atoms with Crippen molar-refractivity contribution in [3.8, 4) is 11.3 Å². The minimum atomic E-state index is -4.78. The number of aromatic nitrogens is 3. The SMILES string of the molecule is O=C(NCc1ccccc1)c1cc2nc(-c3ccc([N+](=O)[O-])cc3)cc(C(F)(F)F)n2n1. The molecular formula is C21H14F3N5O3. The summed E-state index contributed by atoms with van der Waals surface area (Å²) in [6.45, 7) is 0.182. The summed E-state index contributed by atoms with van der Waals surface area (Å²) in [6, 6.07) is 15.9. The lowest BCUT2D eigenvalue weighted by atomic mass is 10.1. The van der Waals surface area contributed by atoms with Crippen molar-refractivity contribution in [2.24, 2.45) is 0 Å². The van der Waals surface area contributed by atoms with E-state index < -0.39 is 22.7 Å². The Labute approximate surface area is 178 Å². The van der Waals surface area contributed by atoms with Crippen molar-refractivity contribution in [1.82, 2.24) is 19.9 Å². The molecule has 0 unspecified atom stereocenters. The average molecular weight is 441 g/mol. The van der Waals surface area contributed by atoms with Gasteiger partial charge in [0.25, 0.3) is 11.6 Å². The fourth-order valence-electron chi connectivity index (χ4n) is 3.06. The minimum Gasteiger partial charge on any atom is -0.347 e. The minimum absolute atomic E-state index is 0.0594. The highest BCUT2D eigenvalue weighted by molar-refractivity contribution is 5.93. The van der Waals surface area contributed by atoms with Crippen molar-refractivity contribution >= 4 is 17.2 Å². The van der Waals surface area contributed by atoms with Gasteiger partial charge in [-0.05, 0) is 23.8 Å². The van der Waals surface area contributed by atoms with Crippen LogP contribution in [0.3, 0.4) is 0 Å². The highest BCUT2D eigenvalue weighted by Crippen LogP contribution is 2.32. The number of nitrogens with zero attached hydrogens (tertiary/aromatic N) is 4. The van der Waals surface area contributed by atoms with E-state index in [2.05, 4.69) is 15.4 Å². The van der Waals surface area contributed by atoms with Crippen LogP contribution in [0, 0.1) is 10.1 Å². The molecule has 0 saturated carbocycles. The zero-order chi connectivity index (χ0) is 22.9. The second-order valence-electron chi connectivity index (χ2n) is 6.80. The predicted molar refractivity (Wildman–Crippen MR) is 108 cm³/mol. The third kappa shape index (κ3) is 4.26. The Balaban J connectivity index is 1.70. The number of rotatable bonds is 5. The highest BCUT2D eigenvalue weighted by Gasteiger charge is 2.35. The molecule has 0 aliphatic heterocycles. The van der Waals surface area contributed by atoms with Crippen molar-refractivity contribution < 1.29 is 22.9 Å². The molecule has 8 nitrogen and oxygen atoms in total. The van der Waals surface area contributed by atoms with E-state index in [0.29, 0.717) is 4.52 Å². The summed E-state index contributed by atoms with van der Waals surface area (Å²) in [7, 11) is 0. The summed E-state index contributed by atoms with van der Waals surface area (Å²) in [5.74, 6) is -0.649. The molecule has 0 saturated heterocycles. The van der Waals surface area contributed by atoms with Crippen molar-refractivity contribution in [3.63, 3.8) is 0 Å². The standard InChI is InChI=1S/C21H14F3N5O3/c22-21(23,24)18-10-16(14-6-8-15(9-7-14)29(31)32)26-19-11-17(27-28(18)19)20(30)25-12-13-4-2-1-3-5-13/h1-11H,12H2,(H,25,30). The Hall–Kier alpha value is -4.28. The van der Waals surface area contributed by atoms with E-state index in [0.717, 1.165) is 17.7 Å². The summed E-state index contributed by atoms with van der Waals surface area (Å²) in [6.07, 6.45) is -4.78. The first kappa shape index (κ1) is 21.0. The number of fused-ring (bicyclic) bond motifs is 1. The highest BCUT2D eigenvalue weighted by atomic mass is 19.4. The van der Waals surface area contributed by atoms with Gasteiger partial charge in [0.2, 0.25) is 0 Å². The Morgan fingerprint density at radius 1 is 1.06 bits per heavy atom. The molecule has 0 fully saturated rings. The topological polar surface area (TPSA) is 102 Å². The van der Waals surface area contributed by atoms with Gasteiger partial charge in [-0.3, -0.25) is 14.9 Å². The maximum Gasteiger partial charge on any atom is 0.433 e. The Morgan fingerprint density at radius 2 is 1.75 bits per heavy atom. The van der Waals surface area contributed by atoms with Gasteiger partial charge in [0, 0.05) is 30.3 Å². The summed E-state index contributed by atoms with van der Waals surface area (Å²) in [5, 5.41) is 17.2. The van der Waals surface area contributed by atoms with Crippen molar-refractivity contribution in [1.29, 1.82) is 0 Å². The van der Waals surface area contributed by atoms with E-state index in [-0.39, 0.29) is 34.8 Å². The monoisotopic (exact) mass is 441 g/mol. The van der Waals surface area contributed by atoms with Gasteiger partial charge in [0.05, 0.1) is 10.6 Å². The van der Waals surface area contributed by atoms with Crippen LogP contribution in [0.25, 0.3) is 16.9 Å². The lowest BCUT2D eigenvalue weighted by Crippen LogP contribution is -2.23. The fraction of sp³-hybridized carbons (Fsp3) is 0.0952. The smallest absolute Gasteiger partial charge is 0.347 e. The van der Waals surface area contributed by atoms with Crippen LogP contribution >= 0.6 is 0 Å². The van der Waals surface area contributed by atoms with Crippen LogP contribution in [0.15, 0.2) is 66.7 Å². The van der Waals surface area contributed by atoms with Gasteiger partial charge in [-0.1, -0.05) is 30.3 Å². The van der Waals surface area contributed by atoms with Gasteiger partial charge < -0.3 is 5.32 Å². The summed E-state index contributed by atoms with van der Waals surface area (Å²) in [5.41, 5.74) is -0.724. The zero-order valence-electron chi connectivity index (χ0n) is 16.2. The molecule has 0 aliphatic rings. The average Bonchev–Trinajstić information content (AvgIpc) is 3.21. The van der Waals surface area contributed by atoms with Crippen LogP contribution in [-0.2, 0) is 12.7 Å². The van der Waals surface area contributed by atoms with Crippen LogP contribution in [0.1, 0.15) is 21.7 Å². The van der Waals surface area contributed by atoms with Crippen molar-refractivity contribution in [2.75, 3.05) is 0 Å². The molecule has 32 heavy (non-hydrogen) atoms. The van der Waals surface area contributed by atoms with Gasteiger partial charge in [-0.25, -0.2) is 9.50 Å². The Kier molecular flexibility index (Phi) is 5.31. The molecule has 11 heteroatoms. The number of nitro benzene ring substituents is 1. The zero-order valence-corrected chi connectivity index (χ0v) is 16.2. The Morgan fingerprint density at radius 3 is 2.38 bits per heavy atom. The predicted octanol–water partition coefficient (Wildman–Crippen LogP) is 4.25. The first-order valence-electron chi connectivity index (χ1n) is 9.27. The molecule has 0 spiro atoms. The van der Waals surface area contributed by atoms with Crippen molar-refractivity contribution in [3.05, 3.63) is 93.8 Å². The van der Waals surface area contributed by atoms with E-state index in [1.165, 1.54) is 24.3 Å². The summed E-state index contributed by atoms with van der Waals surface area (Å²) >= 11 is 0. The van der Waals surface area contributed by atoms with Gasteiger partial charge in [-0.15, -0.1) is 0 Å². The normalized spacial score (nSPS) is 11.5. The van der Waals surface area contributed by atoms with Gasteiger partial charge in [0.15, 0.2) is 17.0 Å². The van der Waals surface area contributed by atoms with Crippen LogP contribution in [0.5, 0.6) is 0 Å². The quantitative estimate of drug-likeness (QED) is 0.368. The Bertz CT molecular complexity index is 1300. The van der Waals surface area contributed by atoms with Crippen LogP contribution in [0.2, 0.25) is 0 Å². The van der Waals surface area contributed by atoms with Gasteiger partial charge in [-0.2, -0.15) is 18.3 Å². The van der Waals surface area contributed by atoms with E-state index in [1.54, 1.807) is 24.3 Å². The molecule has 4 rings (SSSR count). The third-order valence-corrected chi connectivity index (χ3v) is 4.62. The van der Waals surface area contributed by atoms with Crippen LogP contribution in [-0.4, -0.2) is 25.4 Å². The molecule has 162 valence electrons. The van der Waals surface area contributed by atoms with E-state index in [1.807, 2.05) is 6.07 Å². The summed E-state index contributed by atoms with van der Waals surface area (Å²) in [4.78, 5) is 26.8. The summed E-state index contributed by atoms with van der Waals surface area (Å²) < 4.78 is 41.6. The fourth-order valence-corrected chi connectivity index (χ4v) is 3.06. The lowest BCUT2D eigenvalue weighted by molar-refractivity contribution is -0.384. The first-order valence-corrected chi connectivity index (χ1v) is 9.27. The van der Waals surface area contributed by atoms with E-state index in [4.69, 9.17) is 0 Å². The number of halogens is 3. The van der Waals surface area contributed by atoms with Gasteiger partial charge in [0.1, 0.15) is 0 Å². The number of alkyl halides is 3. The molecule has 0 atom stereocenters. The molecule has 2 heterocycles. The second kappa shape index (κ2) is 8.10. The van der Waals surface area contributed by atoms with E-state index >= 15 is 0 Å². The molecular weight excluding hydrogens is 427 g/mol. The number of benzene rings is 2. The number of amides is 1. The van der Waals surface area contributed by atoms with Crippen molar-refractivity contribution in [2.45, 2.75) is 12.7 Å². The van der Waals surface area contributed by atoms with Crippen LogP contribution in [0.4, 0.5) is 18.9 Å². The largest absolute Gasteiger partial charge is 0.433 e. The maximum absolute atomic E-state index is 13.7. The number of nitro groups is 1. The lowest BCUT2D eigenvalue weighted by Gasteiger charge is -2.11. The van der Waals surface area contributed by atoms with Crippen LogP contribution < -0.4 is 5.32 Å². The maximum atomic E-state index is 13.7. The third-order valence-electron chi connectivity index (χ3n) is 4.62. The number of hydrogen-bond donors (Lipinski definition) is 1. The molecule has 2 aromatic heterocycles. The van der Waals surface area contributed by atoms with Gasteiger partial charge >= 0.3 is 6.18 Å².